The van der Waals surface area contributed by atoms with E-state index in [2.05, 4.69) is 26.2 Å². The van der Waals surface area contributed by atoms with Crippen molar-refractivity contribution in [2.24, 2.45) is 5.92 Å². The Morgan fingerprint density at radius 2 is 2.11 bits per heavy atom. The van der Waals surface area contributed by atoms with Crippen molar-refractivity contribution in [1.29, 1.82) is 0 Å². The third-order valence-corrected chi connectivity index (χ3v) is 7.55. The maximum atomic E-state index is 13.2. The third-order valence-electron chi connectivity index (χ3n) is 6.57. The molecule has 6 heteroatoms. The summed E-state index contributed by atoms with van der Waals surface area (Å²) in [6, 6.07) is 8.23. The van der Waals surface area contributed by atoms with E-state index in [-0.39, 0.29) is 11.5 Å². The first kappa shape index (κ1) is 18.1. The molecule has 1 atom stereocenters. The number of likely N-dealkylation sites (tertiary alicyclic amines) is 1. The van der Waals surface area contributed by atoms with Crippen LogP contribution in [-0.2, 0) is 21.6 Å². The smallest absolute Gasteiger partial charge is 0.227 e. The lowest BCUT2D eigenvalue weighted by Crippen LogP contribution is -2.51. The summed E-state index contributed by atoms with van der Waals surface area (Å²) in [5, 5.41) is 2.19. The lowest BCUT2D eigenvalue weighted by atomic mass is 9.82. The molecule has 1 amide bonds. The zero-order chi connectivity index (χ0) is 19.0. The number of hydrogen-bond acceptors (Lipinski definition) is 5. The molecular formula is C22H27N3O2S. The van der Waals surface area contributed by atoms with Crippen LogP contribution in [0.3, 0.4) is 0 Å². The molecule has 5 heterocycles. The molecule has 0 radical (unpaired) electrons. The van der Waals surface area contributed by atoms with Crippen LogP contribution < -0.4 is 4.90 Å². The van der Waals surface area contributed by atoms with Crippen LogP contribution in [0.5, 0.6) is 0 Å². The number of hydrogen-bond donors (Lipinski definition) is 0. The van der Waals surface area contributed by atoms with Gasteiger partial charge < -0.3 is 14.5 Å². The Balaban J connectivity index is 1.24. The molecule has 0 aliphatic carbocycles. The van der Waals surface area contributed by atoms with Crippen molar-refractivity contribution in [2.75, 3.05) is 37.7 Å². The molecule has 1 unspecified atom stereocenters. The Kier molecular flexibility index (Phi) is 4.85. The van der Waals surface area contributed by atoms with E-state index in [0.29, 0.717) is 5.91 Å². The molecule has 0 N–H and O–H groups in total. The number of nitrogens with zero attached hydrogens (tertiary/aromatic N) is 3. The van der Waals surface area contributed by atoms with Crippen LogP contribution in [0, 0.1) is 5.92 Å². The van der Waals surface area contributed by atoms with Gasteiger partial charge in [-0.15, -0.1) is 11.3 Å². The summed E-state index contributed by atoms with van der Waals surface area (Å²) in [5.41, 5.74) is 1.23. The van der Waals surface area contributed by atoms with E-state index >= 15 is 0 Å². The summed E-state index contributed by atoms with van der Waals surface area (Å²) in [6.45, 7) is 4.17. The predicted molar refractivity (Wildman–Crippen MR) is 111 cm³/mol. The van der Waals surface area contributed by atoms with Gasteiger partial charge in [-0.05, 0) is 54.8 Å². The number of anilines is 1. The van der Waals surface area contributed by atoms with Crippen LogP contribution in [0.1, 0.15) is 36.1 Å². The highest BCUT2D eigenvalue weighted by Crippen LogP contribution is 2.43. The molecule has 2 saturated heterocycles. The first-order valence-corrected chi connectivity index (χ1v) is 11.3. The molecule has 3 aliphatic rings. The topological polar surface area (TPSA) is 45.7 Å². The fourth-order valence-corrected chi connectivity index (χ4v) is 6.00. The summed E-state index contributed by atoms with van der Waals surface area (Å²) in [5.74, 6) is 1.38. The van der Waals surface area contributed by atoms with Gasteiger partial charge in [0.2, 0.25) is 5.91 Å². The normalized spacial score (nSPS) is 24.2. The van der Waals surface area contributed by atoms with Crippen molar-refractivity contribution >= 4 is 23.1 Å². The van der Waals surface area contributed by atoms with Crippen LogP contribution >= 0.6 is 11.3 Å². The minimum Gasteiger partial charge on any atom is -0.370 e. The molecular weight excluding hydrogens is 370 g/mol. The van der Waals surface area contributed by atoms with Crippen LogP contribution in [0.4, 0.5) is 5.82 Å². The number of piperidine rings is 2. The monoisotopic (exact) mass is 397 g/mol. The Hall–Kier alpha value is -1.92. The second-order valence-corrected chi connectivity index (χ2v) is 9.15. The number of rotatable bonds is 2. The molecule has 0 aromatic carbocycles. The first-order chi connectivity index (χ1) is 13.8. The van der Waals surface area contributed by atoms with E-state index in [4.69, 9.17) is 4.74 Å². The molecule has 2 fully saturated rings. The van der Waals surface area contributed by atoms with E-state index in [9.17, 15) is 4.79 Å². The molecule has 5 nitrogen and oxygen atoms in total. The van der Waals surface area contributed by atoms with Crippen LogP contribution in [0.25, 0.3) is 0 Å². The van der Waals surface area contributed by atoms with Gasteiger partial charge in [-0.25, -0.2) is 4.98 Å². The minimum atomic E-state index is -0.156. The van der Waals surface area contributed by atoms with Gasteiger partial charge in [0.1, 0.15) is 5.82 Å². The number of ether oxygens (including phenoxy) is 1. The second kappa shape index (κ2) is 7.48. The maximum absolute atomic E-state index is 13.2. The Bertz CT molecular complexity index is 829. The van der Waals surface area contributed by atoms with Gasteiger partial charge in [-0.1, -0.05) is 6.07 Å². The van der Waals surface area contributed by atoms with Crippen molar-refractivity contribution in [2.45, 2.75) is 37.7 Å². The van der Waals surface area contributed by atoms with Gasteiger partial charge in [0.25, 0.3) is 0 Å². The van der Waals surface area contributed by atoms with Gasteiger partial charge in [-0.2, -0.15) is 0 Å². The zero-order valence-electron chi connectivity index (χ0n) is 16.2. The summed E-state index contributed by atoms with van der Waals surface area (Å²) in [7, 11) is 0. The number of amides is 1. The zero-order valence-corrected chi connectivity index (χ0v) is 17.0. The molecule has 0 saturated carbocycles. The van der Waals surface area contributed by atoms with Gasteiger partial charge in [0.05, 0.1) is 18.1 Å². The molecule has 0 bridgehead atoms. The van der Waals surface area contributed by atoms with Crippen molar-refractivity contribution < 1.29 is 9.53 Å². The molecule has 2 aromatic rings. The number of thiophene rings is 1. The van der Waals surface area contributed by atoms with E-state index < -0.39 is 0 Å². The summed E-state index contributed by atoms with van der Waals surface area (Å²) < 4.78 is 6.29. The largest absolute Gasteiger partial charge is 0.370 e. The highest BCUT2D eigenvalue weighted by atomic mass is 32.1. The van der Waals surface area contributed by atoms with E-state index in [1.165, 1.54) is 10.4 Å². The minimum absolute atomic E-state index is 0.0776. The number of pyridine rings is 1. The van der Waals surface area contributed by atoms with Crippen molar-refractivity contribution in [3.8, 4) is 0 Å². The number of carbonyl (C=O) groups is 1. The van der Waals surface area contributed by atoms with Gasteiger partial charge in [0, 0.05) is 43.7 Å². The van der Waals surface area contributed by atoms with Gasteiger partial charge in [0.15, 0.2) is 0 Å². The highest BCUT2D eigenvalue weighted by Gasteiger charge is 2.43. The molecule has 1 spiro atoms. The fourth-order valence-electron chi connectivity index (χ4n) is 5.04. The molecule has 28 heavy (non-hydrogen) atoms. The average Bonchev–Trinajstić information content (AvgIpc) is 3.25. The first-order valence-electron chi connectivity index (χ1n) is 10.4. The number of fused-ring (bicyclic) bond motifs is 2. The van der Waals surface area contributed by atoms with E-state index in [0.717, 1.165) is 70.7 Å². The molecule has 148 valence electrons. The number of aromatic nitrogens is 1. The molecule has 3 aliphatic heterocycles. The molecule has 5 rings (SSSR count). The van der Waals surface area contributed by atoms with Crippen molar-refractivity contribution in [3.63, 3.8) is 0 Å². The molecule has 2 aromatic heterocycles. The van der Waals surface area contributed by atoms with Crippen LogP contribution in [0.2, 0.25) is 0 Å². The quantitative estimate of drug-likeness (QED) is 0.779. The fraction of sp³-hybridized carbons (Fsp3) is 0.545. The standard InChI is InChI=1S/C22H27N3O2S/c26-21(17-4-3-11-25(16-17)20-5-1-2-10-23-20)24-12-8-22(9-13-24)18-7-15-28-19(18)6-14-27-22/h1-2,5,7,10,15,17H,3-4,6,8-9,11-14,16H2. The Morgan fingerprint density at radius 3 is 2.93 bits per heavy atom. The highest BCUT2D eigenvalue weighted by molar-refractivity contribution is 7.10. The van der Waals surface area contributed by atoms with Crippen molar-refractivity contribution in [1.82, 2.24) is 9.88 Å². The average molecular weight is 398 g/mol. The second-order valence-electron chi connectivity index (χ2n) is 8.15. The van der Waals surface area contributed by atoms with Crippen molar-refractivity contribution in [3.05, 3.63) is 46.3 Å². The third kappa shape index (κ3) is 3.22. The van der Waals surface area contributed by atoms with E-state index in [1.807, 2.05) is 35.7 Å². The maximum Gasteiger partial charge on any atom is 0.227 e. The summed E-state index contributed by atoms with van der Waals surface area (Å²) in [4.78, 5) is 23.5. The Morgan fingerprint density at radius 1 is 1.21 bits per heavy atom. The lowest BCUT2D eigenvalue weighted by molar-refractivity contribution is -0.144. The summed E-state index contributed by atoms with van der Waals surface area (Å²) >= 11 is 1.85. The van der Waals surface area contributed by atoms with Crippen LogP contribution in [-0.4, -0.2) is 48.6 Å². The predicted octanol–water partition coefficient (Wildman–Crippen LogP) is 3.45. The van der Waals surface area contributed by atoms with Gasteiger partial charge >= 0.3 is 0 Å². The van der Waals surface area contributed by atoms with E-state index in [1.54, 1.807) is 0 Å². The lowest BCUT2D eigenvalue weighted by Gasteiger charge is -2.45. The summed E-state index contributed by atoms with van der Waals surface area (Å²) in [6.07, 6.45) is 6.72. The number of carbonyl (C=O) groups excluding carboxylic acids is 1. The SMILES string of the molecule is O=C(C1CCCN(c2ccccn2)C1)N1CCC2(CC1)OCCc1sccc12. The van der Waals surface area contributed by atoms with Crippen LogP contribution in [0.15, 0.2) is 35.8 Å². The Labute approximate surface area is 170 Å². The van der Waals surface area contributed by atoms with Gasteiger partial charge in [-0.3, -0.25) is 4.79 Å².